The molecule has 2 rings (SSSR count). The highest BCUT2D eigenvalue weighted by Crippen LogP contribution is 2.49. The summed E-state index contributed by atoms with van der Waals surface area (Å²) in [6.45, 7) is 7.02. The van der Waals surface area contributed by atoms with Gasteiger partial charge >= 0.3 is 0 Å². The van der Waals surface area contributed by atoms with E-state index in [-0.39, 0.29) is 7.92 Å². The lowest BCUT2D eigenvalue weighted by atomic mass is 9.98. The molecule has 148 valence electrons. The van der Waals surface area contributed by atoms with Crippen LogP contribution in [0.2, 0.25) is 0 Å². The molecule has 1 heteroatoms. The van der Waals surface area contributed by atoms with E-state index in [1.54, 1.807) is 11.1 Å². The Bertz CT molecular complexity index is 487. The van der Waals surface area contributed by atoms with Gasteiger partial charge < -0.3 is 0 Å². The lowest BCUT2D eigenvalue weighted by Crippen LogP contribution is -2.22. The Morgan fingerprint density at radius 2 is 1.50 bits per heavy atom. The van der Waals surface area contributed by atoms with Gasteiger partial charge in [0, 0.05) is 0 Å². The predicted octanol–water partition coefficient (Wildman–Crippen LogP) is 8.00. The monoisotopic (exact) mass is 374 g/mol. The Hall–Kier alpha value is -0.350. The highest BCUT2D eigenvalue weighted by molar-refractivity contribution is 7.66. The molecule has 0 N–H and O–H groups in total. The first-order valence-corrected chi connectivity index (χ1v) is 13.3. The Morgan fingerprint density at radius 3 is 2.19 bits per heavy atom. The highest BCUT2D eigenvalue weighted by atomic mass is 31.1. The SMILES string of the molecule is CCCCCP(c1cccc(CCCC)c1CCCC)C1CCCCC1. The van der Waals surface area contributed by atoms with Crippen LogP contribution in [-0.2, 0) is 12.8 Å². The van der Waals surface area contributed by atoms with Crippen LogP contribution >= 0.6 is 7.92 Å². The van der Waals surface area contributed by atoms with Gasteiger partial charge in [-0.05, 0) is 73.2 Å². The maximum atomic E-state index is 2.55. The van der Waals surface area contributed by atoms with Crippen molar-refractivity contribution in [2.24, 2.45) is 0 Å². The molecule has 1 saturated carbocycles. The maximum absolute atomic E-state index is 2.55. The molecule has 0 spiro atoms. The minimum atomic E-state index is 0.0459. The summed E-state index contributed by atoms with van der Waals surface area (Å²) >= 11 is 0. The summed E-state index contributed by atoms with van der Waals surface area (Å²) in [6, 6.07) is 7.39. The van der Waals surface area contributed by atoms with Crippen LogP contribution in [0.3, 0.4) is 0 Å². The summed E-state index contributed by atoms with van der Waals surface area (Å²) in [7, 11) is 0.0459. The van der Waals surface area contributed by atoms with Crippen molar-refractivity contribution in [3.63, 3.8) is 0 Å². The van der Waals surface area contributed by atoms with Crippen LogP contribution in [0.15, 0.2) is 18.2 Å². The molecule has 0 aromatic heterocycles. The predicted molar refractivity (Wildman–Crippen MR) is 121 cm³/mol. The van der Waals surface area contributed by atoms with Crippen molar-refractivity contribution in [1.82, 2.24) is 0 Å². The van der Waals surface area contributed by atoms with Gasteiger partial charge in [-0.1, -0.05) is 91.8 Å². The second-order valence-corrected chi connectivity index (χ2v) is 10.9. The van der Waals surface area contributed by atoms with E-state index in [0.717, 1.165) is 5.66 Å². The number of benzene rings is 1. The Kier molecular flexibility index (Phi) is 10.9. The van der Waals surface area contributed by atoms with Crippen LogP contribution in [0.5, 0.6) is 0 Å². The van der Waals surface area contributed by atoms with Crippen molar-refractivity contribution in [3.05, 3.63) is 29.3 Å². The molecule has 1 atom stereocenters. The van der Waals surface area contributed by atoms with Gasteiger partial charge in [-0.3, -0.25) is 0 Å². The van der Waals surface area contributed by atoms with E-state index >= 15 is 0 Å². The van der Waals surface area contributed by atoms with Crippen molar-refractivity contribution in [3.8, 4) is 0 Å². The smallest absolute Gasteiger partial charge is 0.0169 e. The van der Waals surface area contributed by atoms with E-state index in [1.165, 1.54) is 96.1 Å². The van der Waals surface area contributed by atoms with Gasteiger partial charge in [0.2, 0.25) is 0 Å². The van der Waals surface area contributed by atoms with Crippen LogP contribution in [0.1, 0.15) is 109 Å². The van der Waals surface area contributed by atoms with Gasteiger partial charge in [0.25, 0.3) is 0 Å². The minimum Gasteiger partial charge on any atom is -0.0718 e. The van der Waals surface area contributed by atoms with Crippen LogP contribution in [-0.4, -0.2) is 11.8 Å². The first-order chi connectivity index (χ1) is 12.8. The van der Waals surface area contributed by atoms with E-state index in [0.29, 0.717) is 0 Å². The molecule has 1 aliphatic rings. The fraction of sp³-hybridized carbons (Fsp3) is 0.760. The molecular formula is C25H43P. The van der Waals surface area contributed by atoms with E-state index in [2.05, 4.69) is 39.0 Å². The normalized spacial score (nSPS) is 16.7. The highest BCUT2D eigenvalue weighted by Gasteiger charge is 2.26. The summed E-state index contributed by atoms with van der Waals surface area (Å²) in [6.07, 6.45) is 21.1. The second-order valence-electron chi connectivity index (χ2n) is 8.31. The fourth-order valence-electron chi connectivity index (χ4n) is 4.56. The van der Waals surface area contributed by atoms with Crippen molar-refractivity contribution in [1.29, 1.82) is 0 Å². The quantitative estimate of drug-likeness (QED) is 0.257. The molecule has 0 saturated heterocycles. The van der Waals surface area contributed by atoms with Crippen molar-refractivity contribution in [2.75, 3.05) is 6.16 Å². The number of rotatable bonds is 12. The Balaban J connectivity index is 2.29. The van der Waals surface area contributed by atoms with E-state index in [1.807, 2.05) is 5.30 Å². The topological polar surface area (TPSA) is 0 Å². The molecule has 26 heavy (non-hydrogen) atoms. The average Bonchev–Trinajstić information content (AvgIpc) is 2.69. The zero-order chi connectivity index (χ0) is 18.6. The van der Waals surface area contributed by atoms with Crippen molar-refractivity contribution < 1.29 is 0 Å². The molecule has 0 radical (unpaired) electrons. The van der Waals surface area contributed by atoms with E-state index in [9.17, 15) is 0 Å². The third-order valence-electron chi connectivity index (χ3n) is 6.16. The molecule has 1 aromatic carbocycles. The van der Waals surface area contributed by atoms with E-state index in [4.69, 9.17) is 0 Å². The van der Waals surface area contributed by atoms with Gasteiger partial charge in [-0.15, -0.1) is 0 Å². The van der Waals surface area contributed by atoms with Gasteiger partial charge in [0.1, 0.15) is 0 Å². The van der Waals surface area contributed by atoms with Crippen LogP contribution < -0.4 is 5.30 Å². The fourth-order valence-corrected chi connectivity index (χ4v) is 7.99. The lowest BCUT2D eigenvalue weighted by molar-refractivity contribution is 0.511. The first-order valence-electron chi connectivity index (χ1n) is 11.7. The molecule has 1 aliphatic carbocycles. The van der Waals surface area contributed by atoms with Gasteiger partial charge in [-0.2, -0.15) is 0 Å². The molecule has 0 aliphatic heterocycles. The number of aryl methyl sites for hydroxylation is 1. The van der Waals surface area contributed by atoms with E-state index < -0.39 is 0 Å². The zero-order valence-electron chi connectivity index (χ0n) is 17.9. The number of hydrogen-bond donors (Lipinski definition) is 0. The maximum Gasteiger partial charge on any atom is -0.0169 e. The van der Waals surface area contributed by atoms with Crippen LogP contribution in [0.25, 0.3) is 0 Å². The van der Waals surface area contributed by atoms with Crippen LogP contribution in [0.4, 0.5) is 0 Å². The molecule has 1 aromatic rings. The van der Waals surface area contributed by atoms with Crippen LogP contribution in [0, 0.1) is 0 Å². The molecule has 1 fully saturated rings. The zero-order valence-corrected chi connectivity index (χ0v) is 18.8. The standard InChI is InChI=1S/C25H43P/c1-4-7-13-21-26(23-17-11-10-12-18-23)25-20-14-16-22(15-8-5-2)24(25)19-9-6-3/h14,16,20,23H,4-13,15,17-19,21H2,1-3H3. The summed E-state index contributed by atoms with van der Waals surface area (Å²) in [5.74, 6) is 0. The Morgan fingerprint density at radius 1 is 0.808 bits per heavy atom. The average molecular weight is 375 g/mol. The summed E-state index contributed by atoms with van der Waals surface area (Å²) in [5.41, 5.74) is 4.49. The first kappa shape index (κ1) is 21.9. The van der Waals surface area contributed by atoms with Gasteiger partial charge in [0.15, 0.2) is 0 Å². The van der Waals surface area contributed by atoms with Crippen molar-refractivity contribution >= 4 is 13.2 Å². The summed E-state index contributed by atoms with van der Waals surface area (Å²) in [4.78, 5) is 0. The largest absolute Gasteiger partial charge is 0.0718 e. The third-order valence-corrected chi connectivity index (χ3v) is 9.39. The van der Waals surface area contributed by atoms with Crippen molar-refractivity contribution in [2.45, 2.75) is 116 Å². The molecule has 0 amide bonds. The summed E-state index contributed by atoms with van der Waals surface area (Å²) in [5, 5.41) is 1.82. The van der Waals surface area contributed by atoms with Gasteiger partial charge in [-0.25, -0.2) is 0 Å². The third kappa shape index (κ3) is 6.67. The molecule has 0 heterocycles. The summed E-state index contributed by atoms with van der Waals surface area (Å²) < 4.78 is 0. The number of unbranched alkanes of at least 4 members (excludes halogenated alkanes) is 4. The molecule has 0 nitrogen and oxygen atoms in total. The molecule has 0 bridgehead atoms. The molecule has 1 unspecified atom stereocenters. The number of hydrogen-bond acceptors (Lipinski definition) is 0. The minimum absolute atomic E-state index is 0.0459. The van der Waals surface area contributed by atoms with Gasteiger partial charge in [0.05, 0.1) is 0 Å². The lowest BCUT2D eigenvalue weighted by Gasteiger charge is -2.33. The second kappa shape index (κ2) is 12.9. The Labute approximate surface area is 165 Å². The molecular weight excluding hydrogens is 331 g/mol.